The molecule has 0 aliphatic carbocycles. The lowest BCUT2D eigenvalue weighted by molar-refractivity contribution is -0.158. The second kappa shape index (κ2) is 5.28. The molecule has 0 rings (SSSR count). The average molecular weight is 198 g/mol. The van der Waals surface area contributed by atoms with Gasteiger partial charge in [-0.05, 0) is 13.8 Å². The summed E-state index contributed by atoms with van der Waals surface area (Å²) in [5.41, 5.74) is -0.718. The van der Waals surface area contributed by atoms with Gasteiger partial charge < -0.3 is 9.84 Å². The maximum absolute atomic E-state index is 11.1. The molecular formula is C10H14O4. The molecule has 0 aliphatic heterocycles. The number of carbonyl (C=O) groups is 2. The van der Waals surface area contributed by atoms with Gasteiger partial charge in [0.2, 0.25) is 0 Å². The van der Waals surface area contributed by atoms with Gasteiger partial charge in [-0.1, -0.05) is 0 Å². The number of hydrogen-bond donors (Lipinski definition) is 1. The number of carboxylic acids is 1. The van der Waals surface area contributed by atoms with Crippen LogP contribution in [0.25, 0.3) is 0 Å². The van der Waals surface area contributed by atoms with Crippen molar-refractivity contribution in [3.05, 3.63) is 0 Å². The molecule has 0 fully saturated rings. The number of ether oxygens (including phenoxy) is 1. The van der Waals surface area contributed by atoms with E-state index < -0.39 is 17.5 Å². The molecule has 78 valence electrons. The van der Waals surface area contributed by atoms with Crippen molar-refractivity contribution in [2.24, 2.45) is 0 Å². The Kier molecular flexibility index (Phi) is 4.71. The number of rotatable bonds is 5. The molecule has 4 nitrogen and oxygen atoms in total. The molecule has 0 bridgehead atoms. The van der Waals surface area contributed by atoms with Gasteiger partial charge in [0, 0.05) is 6.42 Å². The van der Waals surface area contributed by atoms with Gasteiger partial charge in [-0.2, -0.15) is 0 Å². The fourth-order valence-corrected chi connectivity index (χ4v) is 0.850. The second-order valence-electron chi connectivity index (χ2n) is 3.51. The van der Waals surface area contributed by atoms with Crippen LogP contribution < -0.4 is 0 Å². The first-order valence-electron chi connectivity index (χ1n) is 4.24. The molecule has 0 unspecified atom stereocenters. The average Bonchev–Trinajstić information content (AvgIpc) is 1.99. The van der Waals surface area contributed by atoms with E-state index in [1.165, 1.54) is 0 Å². The van der Waals surface area contributed by atoms with E-state index >= 15 is 0 Å². The summed E-state index contributed by atoms with van der Waals surface area (Å²) in [7, 11) is 0. The highest BCUT2D eigenvalue weighted by Crippen LogP contribution is 2.14. The van der Waals surface area contributed by atoms with Gasteiger partial charge >= 0.3 is 11.9 Å². The molecular weight excluding hydrogens is 184 g/mol. The first kappa shape index (κ1) is 12.5. The summed E-state index contributed by atoms with van der Waals surface area (Å²) < 4.78 is 4.98. The van der Waals surface area contributed by atoms with E-state index in [1.807, 2.05) is 0 Å². The minimum atomic E-state index is -1.02. The summed E-state index contributed by atoms with van der Waals surface area (Å²) in [5, 5.41) is 8.32. The Hall–Kier alpha value is -1.50. The molecule has 0 aliphatic rings. The predicted molar refractivity (Wildman–Crippen MR) is 50.5 cm³/mol. The van der Waals surface area contributed by atoms with Crippen LogP contribution in [0.4, 0.5) is 0 Å². The van der Waals surface area contributed by atoms with E-state index in [0.717, 1.165) is 0 Å². The van der Waals surface area contributed by atoms with Crippen molar-refractivity contribution in [2.75, 3.05) is 0 Å². The topological polar surface area (TPSA) is 63.6 Å². The van der Waals surface area contributed by atoms with Crippen molar-refractivity contribution in [2.45, 2.75) is 38.7 Å². The van der Waals surface area contributed by atoms with Crippen molar-refractivity contribution < 1.29 is 19.4 Å². The van der Waals surface area contributed by atoms with Crippen LogP contribution >= 0.6 is 0 Å². The molecule has 4 heteroatoms. The zero-order chi connectivity index (χ0) is 11.2. The Morgan fingerprint density at radius 1 is 1.43 bits per heavy atom. The molecule has 14 heavy (non-hydrogen) atoms. The molecule has 0 atom stereocenters. The van der Waals surface area contributed by atoms with Crippen LogP contribution in [0, 0.1) is 12.3 Å². The van der Waals surface area contributed by atoms with Crippen molar-refractivity contribution in [3.63, 3.8) is 0 Å². The monoisotopic (exact) mass is 198 g/mol. The number of hydrogen-bond acceptors (Lipinski definition) is 3. The van der Waals surface area contributed by atoms with Crippen LogP contribution in [-0.2, 0) is 14.3 Å². The number of esters is 1. The predicted octanol–water partition coefficient (Wildman–Crippen LogP) is 1.20. The Morgan fingerprint density at radius 3 is 2.43 bits per heavy atom. The highest BCUT2D eigenvalue weighted by Gasteiger charge is 2.21. The molecule has 0 aromatic carbocycles. The van der Waals surface area contributed by atoms with Gasteiger partial charge in [-0.3, -0.25) is 9.59 Å². The highest BCUT2D eigenvalue weighted by atomic mass is 16.6. The van der Waals surface area contributed by atoms with E-state index in [1.54, 1.807) is 13.8 Å². The lowest BCUT2D eigenvalue weighted by Gasteiger charge is -2.22. The van der Waals surface area contributed by atoms with Crippen LogP contribution in [0.5, 0.6) is 0 Å². The summed E-state index contributed by atoms with van der Waals surface area (Å²) in [6, 6.07) is 0. The van der Waals surface area contributed by atoms with Crippen LogP contribution in [-0.4, -0.2) is 22.6 Å². The molecule has 0 saturated heterocycles. The molecule has 0 aromatic rings. The fourth-order valence-electron chi connectivity index (χ4n) is 0.850. The van der Waals surface area contributed by atoms with E-state index in [4.69, 9.17) is 16.3 Å². The van der Waals surface area contributed by atoms with Gasteiger partial charge in [0.25, 0.3) is 0 Å². The smallest absolute Gasteiger partial charge is 0.306 e. The van der Waals surface area contributed by atoms with E-state index in [2.05, 4.69) is 5.92 Å². The minimum absolute atomic E-state index is 0.122. The third-order valence-electron chi connectivity index (χ3n) is 1.46. The third-order valence-corrected chi connectivity index (χ3v) is 1.46. The van der Waals surface area contributed by atoms with Crippen LogP contribution in [0.2, 0.25) is 0 Å². The van der Waals surface area contributed by atoms with Crippen molar-refractivity contribution in [1.82, 2.24) is 0 Å². The third kappa shape index (κ3) is 6.06. The zero-order valence-corrected chi connectivity index (χ0v) is 8.37. The minimum Gasteiger partial charge on any atom is -0.481 e. The summed E-state index contributed by atoms with van der Waals surface area (Å²) >= 11 is 0. The Balaban J connectivity index is 3.94. The van der Waals surface area contributed by atoms with E-state index in [0.29, 0.717) is 6.42 Å². The first-order chi connectivity index (χ1) is 6.37. The maximum atomic E-state index is 11.1. The number of carboxylic acid groups (broad SMARTS) is 1. The van der Waals surface area contributed by atoms with Gasteiger partial charge in [-0.15, -0.1) is 12.3 Å². The number of aliphatic carboxylic acids is 1. The Bertz CT molecular complexity index is 260. The Morgan fingerprint density at radius 2 is 2.00 bits per heavy atom. The van der Waals surface area contributed by atoms with Crippen molar-refractivity contribution in [1.29, 1.82) is 0 Å². The van der Waals surface area contributed by atoms with E-state index in [-0.39, 0.29) is 12.8 Å². The molecule has 0 heterocycles. The summed E-state index contributed by atoms with van der Waals surface area (Å²) in [6.07, 6.45) is 5.05. The van der Waals surface area contributed by atoms with Crippen LogP contribution in [0.3, 0.4) is 0 Å². The van der Waals surface area contributed by atoms with Crippen molar-refractivity contribution >= 4 is 11.9 Å². The first-order valence-corrected chi connectivity index (χ1v) is 4.24. The Labute approximate surface area is 83.3 Å². The SMILES string of the molecule is C#CCC(C)(C)OC(=O)CCC(=O)O. The summed E-state index contributed by atoms with van der Waals surface area (Å²) in [5.74, 6) is 0.833. The molecule has 0 radical (unpaired) electrons. The van der Waals surface area contributed by atoms with E-state index in [9.17, 15) is 9.59 Å². The number of terminal acetylenes is 1. The molecule has 0 saturated carbocycles. The lowest BCUT2D eigenvalue weighted by Crippen LogP contribution is -2.27. The maximum Gasteiger partial charge on any atom is 0.306 e. The van der Waals surface area contributed by atoms with Gasteiger partial charge in [0.1, 0.15) is 5.60 Å². The standard InChI is InChI=1S/C10H14O4/c1-4-7-10(2,3)14-9(13)6-5-8(11)12/h1H,5-7H2,2-3H3,(H,11,12). The molecule has 1 N–H and O–H groups in total. The zero-order valence-electron chi connectivity index (χ0n) is 8.37. The normalized spacial score (nSPS) is 10.4. The fraction of sp³-hybridized carbons (Fsp3) is 0.600. The molecule has 0 spiro atoms. The van der Waals surface area contributed by atoms with Crippen molar-refractivity contribution in [3.8, 4) is 12.3 Å². The van der Waals surface area contributed by atoms with Gasteiger partial charge in [-0.25, -0.2) is 0 Å². The lowest BCUT2D eigenvalue weighted by atomic mass is 10.1. The molecule has 0 amide bonds. The second-order valence-corrected chi connectivity index (χ2v) is 3.51. The molecule has 0 aromatic heterocycles. The quantitative estimate of drug-likeness (QED) is 0.532. The van der Waals surface area contributed by atoms with Gasteiger partial charge in [0.05, 0.1) is 12.8 Å². The highest BCUT2D eigenvalue weighted by molar-refractivity contribution is 5.76. The summed E-state index contributed by atoms with van der Waals surface area (Å²) in [4.78, 5) is 21.2. The summed E-state index contributed by atoms with van der Waals surface area (Å²) in [6.45, 7) is 3.37. The van der Waals surface area contributed by atoms with Crippen LogP contribution in [0.1, 0.15) is 33.1 Å². The number of carbonyl (C=O) groups excluding carboxylic acids is 1. The van der Waals surface area contributed by atoms with Gasteiger partial charge in [0.15, 0.2) is 0 Å². The largest absolute Gasteiger partial charge is 0.481 e. The van der Waals surface area contributed by atoms with Crippen LogP contribution in [0.15, 0.2) is 0 Å².